The number of alkyl halides is 2. The zero-order chi connectivity index (χ0) is 25.9. The van der Waals surface area contributed by atoms with Crippen molar-refractivity contribution < 1.29 is 13.2 Å². The lowest BCUT2D eigenvalue weighted by atomic mass is 9.73. The number of fused-ring (bicyclic) bond motifs is 3. The van der Waals surface area contributed by atoms with Crippen LogP contribution in [0.2, 0.25) is 5.02 Å². The van der Waals surface area contributed by atoms with Crippen molar-refractivity contribution in [2.75, 3.05) is 30.4 Å². The lowest BCUT2D eigenvalue weighted by Crippen LogP contribution is -2.59. The minimum atomic E-state index is -2.63. The van der Waals surface area contributed by atoms with E-state index in [0.29, 0.717) is 42.7 Å². The topological polar surface area (TPSA) is 62.1 Å². The fraction of sp³-hybridized carbons (Fsp3) is 0.500. The summed E-state index contributed by atoms with van der Waals surface area (Å²) in [6.07, 6.45) is 1.29. The van der Waals surface area contributed by atoms with E-state index in [9.17, 15) is 13.2 Å². The Labute approximate surface area is 218 Å². The summed E-state index contributed by atoms with van der Waals surface area (Å²) in [6, 6.07) is 9.27. The molecule has 2 fully saturated rings. The van der Waals surface area contributed by atoms with Gasteiger partial charge in [0.1, 0.15) is 11.6 Å². The van der Waals surface area contributed by atoms with E-state index >= 15 is 0 Å². The van der Waals surface area contributed by atoms with Crippen molar-refractivity contribution in [1.82, 2.24) is 24.6 Å². The third kappa shape index (κ3) is 4.33. The number of hydrogen-bond donors (Lipinski definition) is 1. The number of nitrogens with one attached hydrogen (secondary N) is 1. The van der Waals surface area contributed by atoms with Crippen LogP contribution in [0.4, 0.5) is 24.7 Å². The van der Waals surface area contributed by atoms with E-state index in [2.05, 4.69) is 34.9 Å². The van der Waals surface area contributed by atoms with Crippen molar-refractivity contribution in [3.63, 3.8) is 0 Å². The molecule has 0 bridgehead atoms. The molecule has 1 aromatic carbocycles. The lowest BCUT2D eigenvalue weighted by Gasteiger charge is -2.51. The maximum absolute atomic E-state index is 14.2. The van der Waals surface area contributed by atoms with E-state index in [-0.39, 0.29) is 18.8 Å². The van der Waals surface area contributed by atoms with Crippen LogP contribution in [0.15, 0.2) is 30.3 Å². The summed E-state index contributed by atoms with van der Waals surface area (Å²) in [6.45, 7) is 4.28. The molecule has 3 aromatic rings. The molecule has 0 atom stereocenters. The Bertz CT molecular complexity index is 1330. The van der Waals surface area contributed by atoms with E-state index in [1.165, 1.54) is 0 Å². The molecule has 2 aromatic heterocycles. The number of anilines is 2. The minimum Gasteiger partial charge on any atom is -0.384 e. The lowest BCUT2D eigenvalue weighted by molar-refractivity contribution is -0.173. The zero-order valence-electron chi connectivity index (χ0n) is 20.8. The highest BCUT2D eigenvalue weighted by Gasteiger charge is 2.57. The Morgan fingerprint density at radius 1 is 1.05 bits per heavy atom. The zero-order valence-corrected chi connectivity index (χ0v) is 21.6. The molecular formula is C26H29ClF3N7. The first-order valence-electron chi connectivity index (χ1n) is 12.6. The fourth-order valence-electron chi connectivity index (χ4n) is 6.11. The predicted octanol–water partition coefficient (Wildman–Crippen LogP) is 5.38. The Hall–Kier alpha value is -2.85. The van der Waals surface area contributed by atoms with Crippen LogP contribution in [0.1, 0.15) is 55.7 Å². The third-order valence-electron chi connectivity index (χ3n) is 8.06. The van der Waals surface area contributed by atoms with Gasteiger partial charge in [-0.3, -0.25) is 9.47 Å². The molecule has 4 heterocycles. The quantitative estimate of drug-likeness (QED) is 0.456. The first-order valence-corrected chi connectivity index (χ1v) is 13.0. The van der Waals surface area contributed by atoms with Gasteiger partial charge >= 0.3 is 0 Å². The van der Waals surface area contributed by atoms with Gasteiger partial charge in [0.05, 0.1) is 17.9 Å². The van der Waals surface area contributed by atoms with Crippen molar-refractivity contribution in [3.8, 4) is 5.69 Å². The van der Waals surface area contributed by atoms with Crippen LogP contribution in [0.5, 0.6) is 0 Å². The number of pyridine rings is 1. The standard InChI is InChI=1S/C26H29ClF3N7/c1-25(14-26(29,30)15-25)36-12-17-11-18(27)3-5-20(17)37-22(13-36)33-34-24(37)16-7-9-35(10-8-16)21-6-4-19(31-2)23(28)32-21/h3-6,11,16,31H,7-10,12-15H2,1-2H3. The first kappa shape index (κ1) is 24.5. The number of aromatic nitrogens is 4. The Morgan fingerprint density at radius 3 is 2.49 bits per heavy atom. The summed E-state index contributed by atoms with van der Waals surface area (Å²) in [5.74, 6) is -0.748. The summed E-state index contributed by atoms with van der Waals surface area (Å²) in [4.78, 5) is 8.30. The van der Waals surface area contributed by atoms with E-state index < -0.39 is 17.4 Å². The van der Waals surface area contributed by atoms with Crippen LogP contribution in [0.3, 0.4) is 0 Å². The van der Waals surface area contributed by atoms with Gasteiger partial charge in [0.25, 0.3) is 5.92 Å². The maximum Gasteiger partial charge on any atom is 0.251 e. The summed E-state index contributed by atoms with van der Waals surface area (Å²) in [5, 5.41) is 12.6. The smallest absolute Gasteiger partial charge is 0.251 e. The number of benzene rings is 1. The number of halogens is 4. The molecular weight excluding hydrogens is 503 g/mol. The molecule has 1 saturated heterocycles. The van der Waals surface area contributed by atoms with Crippen molar-refractivity contribution in [3.05, 3.63) is 58.5 Å². The predicted molar refractivity (Wildman–Crippen MR) is 136 cm³/mol. The van der Waals surface area contributed by atoms with Crippen LogP contribution >= 0.6 is 11.6 Å². The second-order valence-corrected chi connectivity index (χ2v) is 11.1. The number of hydrogen-bond acceptors (Lipinski definition) is 6. The molecule has 7 nitrogen and oxygen atoms in total. The maximum atomic E-state index is 14.2. The van der Waals surface area contributed by atoms with Crippen LogP contribution in [-0.4, -0.2) is 56.2 Å². The van der Waals surface area contributed by atoms with Crippen molar-refractivity contribution in [2.24, 2.45) is 0 Å². The van der Waals surface area contributed by atoms with Gasteiger partial charge in [0, 0.05) is 56.0 Å². The van der Waals surface area contributed by atoms with Gasteiger partial charge in [-0.25, -0.2) is 13.8 Å². The van der Waals surface area contributed by atoms with Gasteiger partial charge in [0.15, 0.2) is 5.82 Å². The average Bonchev–Trinajstić information content (AvgIpc) is 3.18. The average molecular weight is 532 g/mol. The molecule has 3 aliphatic rings. The van der Waals surface area contributed by atoms with Crippen LogP contribution in [-0.2, 0) is 13.1 Å². The molecule has 0 radical (unpaired) electrons. The molecule has 2 aliphatic heterocycles. The summed E-state index contributed by atoms with van der Waals surface area (Å²) in [7, 11) is 1.67. The number of piperidine rings is 1. The Balaban J connectivity index is 1.28. The summed E-state index contributed by atoms with van der Waals surface area (Å²) in [5.41, 5.74) is 1.69. The first-order chi connectivity index (χ1) is 17.7. The van der Waals surface area contributed by atoms with Gasteiger partial charge in [-0.1, -0.05) is 11.6 Å². The van der Waals surface area contributed by atoms with Crippen molar-refractivity contribution >= 4 is 23.1 Å². The summed E-state index contributed by atoms with van der Waals surface area (Å²) < 4.78 is 44.1. The Morgan fingerprint density at radius 2 is 1.81 bits per heavy atom. The molecule has 11 heteroatoms. The molecule has 1 N–H and O–H groups in total. The number of nitrogens with zero attached hydrogens (tertiary/aromatic N) is 6. The van der Waals surface area contributed by atoms with Gasteiger partial charge in [0.2, 0.25) is 5.95 Å². The van der Waals surface area contributed by atoms with Gasteiger partial charge in [-0.2, -0.15) is 4.39 Å². The molecule has 6 rings (SSSR count). The number of rotatable bonds is 4. The van der Waals surface area contributed by atoms with Crippen molar-refractivity contribution in [1.29, 1.82) is 0 Å². The Kier molecular flexibility index (Phi) is 5.87. The van der Waals surface area contributed by atoms with E-state index in [4.69, 9.17) is 11.6 Å². The molecule has 0 unspecified atom stereocenters. The van der Waals surface area contributed by atoms with Gasteiger partial charge in [-0.15, -0.1) is 10.2 Å². The third-order valence-corrected chi connectivity index (χ3v) is 8.30. The SMILES string of the molecule is CNc1ccc(N2CCC(c3nnc4n3-c3ccc(Cl)cc3CN(C3(C)CC(F)(F)C3)C4)CC2)nc1F. The second-order valence-electron chi connectivity index (χ2n) is 10.7. The van der Waals surface area contributed by atoms with E-state index in [0.717, 1.165) is 35.7 Å². The second kappa shape index (κ2) is 8.87. The summed E-state index contributed by atoms with van der Waals surface area (Å²) >= 11 is 6.36. The van der Waals surface area contributed by atoms with Gasteiger partial charge < -0.3 is 10.2 Å². The van der Waals surface area contributed by atoms with Crippen LogP contribution < -0.4 is 10.2 Å². The highest BCUT2D eigenvalue weighted by atomic mass is 35.5. The van der Waals surface area contributed by atoms with E-state index in [1.807, 2.05) is 31.2 Å². The van der Waals surface area contributed by atoms with Gasteiger partial charge in [-0.05, 0) is 55.7 Å². The normalized spacial score (nSPS) is 21.1. The largest absolute Gasteiger partial charge is 0.384 e. The minimum absolute atomic E-state index is 0.151. The molecule has 1 aliphatic carbocycles. The fourth-order valence-corrected chi connectivity index (χ4v) is 6.31. The molecule has 37 heavy (non-hydrogen) atoms. The monoisotopic (exact) mass is 531 g/mol. The molecule has 0 spiro atoms. The van der Waals surface area contributed by atoms with E-state index in [1.54, 1.807) is 13.1 Å². The van der Waals surface area contributed by atoms with Crippen LogP contribution in [0, 0.1) is 5.95 Å². The highest BCUT2D eigenvalue weighted by Crippen LogP contribution is 2.50. The molecule has 0 amide bonds. The highest BCUT2D eigenvalue weighted by molar-refractivity contribution is 6.30. The van der Waals surface area contributed by atoms with Crippen LogP contribution in [0.25, 0.3) is 5.69 Å². The van der Waals surface area contributed by atoms with Crippen molar-refractivity contribution in [2.45, 2.75) is 63.1 Å². The molecule has 196 valence electrons. The molecule has 1 saturated carbocycles.